The molecule has 26 heavy (non-hydrogen) atoms. The van der Waals surface area contributed by atoms with E-state index in [1.807, 2.05) is 0 Å². The zero-order valence-electron chi connectivity index (χ0n) is 14.7. The summed E-state index contributed by atoms with van der Waals surface area (Å²) in [5, 5.41) is 13.6. The molecule has 2 aromatic carbocycles. The standard InChI is InChI=1S/C22H21ClN2O/c23-15-11-9-14(10-12-15)22(26)25-21-19-8-4-3-6-17(19)16-5-1-2-7-18(16)20(21)13-24/h9-12H,1-8H2,(H,25,26). The fourth-order valence-electron chi connectivity index (χ4n) is 4.38. The van der Waals surface area contributed by atoms with Crippen LogP contribution < -0.4 is 5.32 Å². The third kappa shape index (κ3) is 2.99. The molecule has 0 aliphatic heterocycles. The van der Waals surface area contributed by atoms with Crippen molar-refractivity contribution in [1.82, 2.24) is 0 Å². The van der Waals surface area contributed by atoms with E-state index in [9.17, 15) is 10.1 Å². The van der Waals surface area contributed by atoms with Gasteiger partial charge in [-0.2, -0.15) is 5.26 Å². The molecule has 2 aliphatic rings. The maximum absolute atomic E-state index is 12.8. The molecule has 132 valence electrons. The Labute approximate surface area is 159 Å². The van der Waals surface area contributed by atoms with Crippen LogP contribution in [0.4, 0.5) is 5.69 Å². The van der Waals surface area contributed by atoms with E-state index in [-0.39, 0.29) is 5.91 Å². The van der Waals surface area contributed by atoms with Crippen LogP contribution in [0, 0.1) is 11.3 Å². The van der Waals surface area contributed by atoms with Crippen molar-refractivity contribution in [1.29, 1.82) is 5.26 Å². The number of anilines is 1. The summed E-state index contributed by atoms with van der Waals surface area (Å²) in [6, 6.07) is 9.26. The largest absolute Gasteiger partial charge is 0.321 e. The van der Waals surface area contributed by atoms with Crippen molar-refractivity contribution in [3.8, 4) is 6.07 Å². The summed E-state index contributed by atoms with van der Waals surface area (Å²) in [6.07, 6.45) is 8.62. The minimum Gasteiger partial charge on any atom is -0.321 e. The number of hydrogen-bond acceptors (Lipinski definition) is 2. The van der Waals surface area contributed by atoms with Gasteiger partial charge in [-0.3, -0.25) is 4.79 Å². The molecular formula is C22H21ClN2O. The molecule has 0 radical (unpaired) electrons. The third-order valence-electron chi connectivity index (χ3n) is 5.61. The number of halogens is 1. The number of nitrogens with zero attached hydrogens (tertiary/aromatic N) is 1. The van der Waals surface area contributed by atoms with Gasteiger partial charge in [0.25, 0.3) is 5.91 Å². The van der Waals surface area contributed by atoms with Crippen LogP contribution in [0.5, 0.6) is 0 Å². The summed E-state index contributed by atoms with van der Waals surface area (Å²) in [5.41, 5.74) is 7.15. The summed E-state index contributed by atoms with van der Waals surface area (Å²) in [7, 11) is 0. The third-order valence-corrected chi connectivity index (χ3v) is 5.86. The van der Waals surface area contributed by atoms with E-state index in [0.29, 0.717) is 16.1 Å². The molecule has 0 aromatic heterocycles. The van der Waals surface area contributed by atoms with Crippen LogP contribution in [0.3, 0.4) is 0 Å². The van der Waals surface area contributed by atoms with E-state index in [2.05, 4.69) is 11.4 Å². The first kappa shape index (κ1) is 17.1. The monoisotopic (exact) mass is 364 g/mol. The molecule has 0 spiro atoms. The Hall–Kier alpha value is -2.31. The van der Waals surface area contributed by atoms with E-state index in [1.165, 1.54) is 35.1 Å². The van der Waals surface area contributed by atoms with Crippen LogP contribution >= 0.6 is 11.6 Å². The van der Waals surface area contributed by atoms with Crippen LogP contribution in [0.15, 0.2) is 24.3 Å². The smallest absolute Gasteiger partial charge is 0.255 e. The molecule has 0 heterocycles. The normalized spacial score (nSPS) is 15.5. The Kier molecular flexibility index (Phi) is 4.70. The lowest BCUT2D eigenvalue weighted by Crippen LogP contribution is -2.21. The summed E-state index contributed by atoms with van der Waals surface area (Å²) in [4.78, 5) is 12.8. The van der Waals surface area contributed by atoms with Gasteiger partial charge in [-0.15, -0.1) is 0 Å². The molecule has 1 N–H and O–H groups in total. The van der Waals surface area contributed by atoms with Gasteiger partial charge in [-0.25, -0.2) is 0 Å². The second-order valence-corrected chi connectivity index (χ2v) is 7.59. The minimum absolute atomic E-state index is 0.179. The highest BCUT2D eigenvalue weighted by molar-refractivity contribution is 6.30. The maximum atomic E-state index is 12.8. The summed E-state index contributed by atoms with van der Waals surface area (Å²) >= 11 is 5.92. The Morgan fingerprint density at radius 2 is 1.42 bits per heavy atom. The average Bonchev–Trinajstić information content (AvgIpc) is 2.68. The Bertz CT molecular complexity index is 909. The zero-order chi connectivity index (χ0) is 18.1. The van der Waals surface area contributed by atoms with Gasteiger partial charge in [0.2, 0.25) is 0 Å². The second kappa shape index (κ2) is 7.13. The minimum atomic E-state index is -0.179. The van der Waals surface area contributed by atoms with Gasteiger partial charge in [-0.05, 0) is 97.9 Å². The highest BCUT2D eigenvalue weighted by Gasteiger charge is 2.27. The van der Waals surface area contributed by atoms with E-state index in [4.69, 9.17) is 11.6 Å². The van der Waals surface area contributed by atoms with E-state index < -0.39 is 0 Å². The number of rotatable bonds is 2. The van der Waals surface area contributed by atoms with Crippen molar-refractivity contribution in [2.24, 2.45) is 0 Å². The van der Waals surface area contributed by atoms with Crippen molar-refractivity contribution in [3.63, 3.8) is 0 Å². The van der Waals surface area contributed by atoms with Gasteiger partial charge in [0.05, 0.1) is 11.3 Å². The molecule has 0 unspecified atom stereocenters. The maximum Gasteiger partial charge on any atom is 0.255 e. The topological polar surface area (TPSA) is 52.9 Å². The number of nitriles is 1. The number of amides is 1. The molecule has 4 rings (SSSR count). The first-order valence-electron chi connectivity index (χ1n) is 9.35. The molecule has 0 atom stereocenters. The number of carbonyl (C=O) groups excluding carboxylic acids is 1. The van der Waals surface area contributed by atoms with Crippen molar-refractivity contribution < 1.29 is 4.79 Å². The Balaban J connectivity index is 1.81. The van der Waals surface area contributed by atoms with Crippen molar-refractivity contribution in [3.05, 3.63) is 62.7 Å². The van der Waals surface area contributed by atoms with Crippen molar-refractivity contribution in [2.45, 2.75) is 51.4 Å². The van der Waals surface area contributed by atoms with Crippen LogP contribution in [-0.2, 0) is 25.7 Å². The fraction of sp³-hybridized carbons (Fsp3) is 0.364. The molecule has 3 nitrogen and oxygen atoms in total. The zero-order valence-corrected chi connectivity index (χ0v) is 15.5. The van der Waals surface area contributed by atoms with Gasteiger partial charge < -0.3 is 5.32 Å². The van der Waals surface area contributed by atoms with Crippen LogP contribution in [-0.4, -0.2) is 5.91 Å². The molecule has 1 amide bonds. The highest BCUT2D eigenvalue weighted by Crippen LogP contribution is 2.40. The lowest BCUT2D eigenvalue weighted by Gasteiger charge is -2.29. The van der Waals surface area contributed by atoms with E-state index >= 15 is 0 Å². The summed E-state index contributed by atoms with van der Waals surface area (Å²) < 4.78 is 0. The first-order valence-corrected chi connectivity index (χ1v) is 9.73. The SMILES string of the molecule is N#Cc1c2c(c3c(c1NC(=O)c1ccc(Cl)cc1)CCCC3)CCCC2. The van der Waals surface area contributed by atoms with Crippen LogP contribution in [0.1, 0.15) is 63.9 Å². The average molecular weight is 365 g/mol. The van der Waals surface area contributed by atoms with Crippen LogP contribution in [0.2, 0.25) is 5.02 Å². The number of hydrogen-bond donors (Lipinski definition) is 1. The summed E-state index contributed by atoms with van der Waals surface area (Å²) in [6.45, 7) is 0. The van der Waals surface area contributed by atoms with Gasteiger partial charge in [0.1, 0.15) is 6.07 Å². The van der Waals surface area contributed by atoms with Gasteiger partial charge in [0.15, 0.2) is 0 Å². The molecule has 0 saturated carbocycles. The molecule has 0 saturated heterocycles. The first-order chi connectivity index (χ1) is 12.7. The predicted octanol–water partition coefficient (Wildman–Crippen LogP) is 5.22. The molecule has 4 heteroatoms. The number of benzene rings is 2. The molecule has 2 aromatic rings. The Morgan fingerprint density at radius 3 is 2.04 bits per heavy atom. The summed E-state index contributed by atoms with van der Waals surface area (Å²) in [5.74, 6) is -0.179. The van der Waals surface area contributed by atoms with E-state index in [0.717, 1.165) is 44.2 Å². The van der Waals surface area contributed by atoms with Crippen molar-refractivity contribution >= 4 is 23.2 Å². The highest BCUT2D eigenvalue weighted by atomic mass is 35.5. The van der Waals surface area contributed by atoms with E-state index in [1.54, 1.807) is 24.3 Å². The quantitative estimate of drug-likeness (QED) is 0.794. The van der Waals surface area contributed by atoms with Crippen molar-refractivity contribution in [2.75, 3.05) is 5.32 Å². The number of carbonyl (C=O) groups is 1. The molecule has 0 bridgehead atoms. The molecule has 0 fully saturated rings. The van der Waals surface area contributed by atoms with Gasteiger partial charge in [0, 0.05) is 10.6 Å². The number of nitrogens with one attached hydrogen (secondary N) is 1. The fourth-order valence-corrected chi connectivity index (χ4v) is 4.50. The predicted molar refractivity (Wildman–Crippen MR) is 104 cm³/mol. The second-order valence-electron chi connectivity index (χ2n) is 7.15. The molecule has 2 aliphatic carbocycles. The van der Waals surface area contributed by atoms with Crippen LogP contribution in [0.25, 0.3) is 0 Å². The lowest BCUT2D eigenvalue weighted by atomic mass is 9.77. The Morgan fingerprint density at radius 1 is 0.885 bits per heavy atom. The van der Waals surface area contributed by atoms with Gasteiger partial charge in [-0.1, -0.05) is 11.6 Å². The van der Waals surface area contributed by atoms with Gasteiger partial charge >= 0.3 is 0 Å². The lowest BCUT2D eigenvalue weighted by molar-refractivity contribution is 0.102. The number of fused-ring (bicyclic) bond motifs is 3. The molecular weight excluding hydrogens is 344 g/mol.